The summed E-state index contributed by atoms with van der Waals surface area (Å²) in [7, 11) is 0. The maximum atomic E-state index is 12.6. The zero-order valence-electron chi connectivity index (χ0n) is 13.3. The molecule has 1 aromatic heterocycles. The molecule has 2 unspecified atom stereocenters. The maximum absolute atomic E-state index is 12.6. The number of aromatic nitrogens is 1. The zero-order valence-corrected chi connectivity index (χ0v) is 13.3. The average molecular weight is 326 g/mol. The Hall–Kier alpha value is -2.51. The van der Waals surface area contributed by atoms with Gasteiger partial charge in [-0.15, -0.1) is 0 Å². The second-order valence-corrected chi connectivity index (χ2v) is 6.13. The number of carbonyl (C=O) groups is 2. The Kier molecular flexibility index (Phi) is 3.66. The highest BCUT2D eigenvalue weighted by Crippen LogP contribution is 2.24. The fraction of sp³-hybridized carbons (Fsp3) is 0.353. The number of hydroxylamine groups is 1. The van der Waals surface area contributed by atoms with Crippen LogP contribution in [0.15, 0.2) is 36.5 Å². The van der Waals surface area contributed by atoms with E-state index in [-0.39, 0.29) is 37.2 Å². The molecule has 0 aliphatic carbocycles. The van der Waals surface area contributed by atoms with Crippen LogP contribution < -0.4 is 5.48 Å². The summed E-state index contributed by atoms with van der Waals surface area (Å²) in [4.78, 5) is 37.4. The number of nitrogens with one attached hydrogen (secondary N) is 1. The molecule has 2 aromatic rings. The van der Waals surface area contributed by atoms with E-state index in [1.54, 1.807) is 16.0 Å². The highest BCUT2D eigenvalue weighted by Gasteiger charge is 2.42. The number of nitrogens with zero attached hydrogens (tertiary/aromatic N) is 3. The van der Waals surface area contributed by atoms with Crippen molar-refractivity contribution >= 4 is 22.7 Å². The van der Waals surface area contributed by atoms with Crippen molar-refractivity contribution < 1.29 is 14.4 Å². The lowest BCUT2D eigenvalue weighted by molar-refractivity contribution is -0.181. The summed E-state index contributed by atoms with van der Waals surface area (Å²) in [5.41, 5.74) is 4.76. The quantitative estimate of drug-likeness (QED) is 0.877. The Balaban J connectivity index is 1.64. The molecule has 24 heavy (non-hydrogen) atoms. The Morgan fingerprint density at radius 3 is 2.96 bits per heavy atom. The van der Waals surface area contributed by atoms with Gasteiger partial charge in [0.25, 0.3) is 5.91 Å². The number of para-hydroxylation sites is 1. The van der Waals surface area contributed by atoms with Crippen molar-refractivity contribution in [2.75, 3.05) is 13.2 Å². The first-order chi connectivity index (χ1) is 11.6. The van der Waals surface area contributed by atoms with Crippen LogP contribution in [-0.4, -0.2) is 52.0 Å². The molecule has 2 fully saturated rings. The molecule has 4 rings (SSSR count). The third-order valence-corrected chi connectivity index (χ3v) is 4.69. The van der Waals surface area contributed by atoms with Gasteiger partial charge in [-0.3, -0.25) is 19.4 Å². The highest BCUT2D eigenvalue weighted by molar-refractivity contribution is 5.88. The standard InChI is InChI=1S/C17H18N4O3/c1-11-17-19-24-10-15(23)21(17)9-14(22)20(11)8-13-5-2-4-12-6-3-7-18-16(12)13/h2-7,11,17,19H,8-10H2,1H3. The van der Waals surface area contributed by atoms with E-state index in [0.29, 0.717) is 6.54 Å². The molecule has 7 nitrogen and oxygen atoms in total. The monoisotopic (exact) mass is 326 g/mol. The predicted molar refractivity (Wildman–Crippen MR) is 86.3 cm³/mol. The van der Waals surface area contributed by atoms with Gasteiger partial charge in [-0.2, -0.15) is 5.48 Å². The van der Waals surface area contributed by atoms with E-state index in [4.69, 9.17) is 4.84 Å². The Morgan fingerprint density at radius 1 is 1.25 bits per heavy atom. The van der Waals surface area contributed by atoms with E-state index < -0.39 is 0 Å². The normalized spacial score (nSPS) is 24.4. The number of hydrogen-bond donors (Lipinski definition) is 1. The van der Waals surface area contributed by atoms with Crippen molar-refractivity contribution in [1.29, 1.82) is 0 Å². The fourth-order valence-electron chi connectivity index (χ4n) is 3.38. The molecule has 3 heterocycles. The first-order valence-electron chi connectivity index (χ1n) is 7.94. The van der Waals surface area contributed by atoms with Crippen LogP contribution >= 0.6 is 0 Å². The van der Waals surface area contributed by atoms with Crippen LogP contribution in [0, 0.1) is 0 Å². The molecule has 1 N–H and O–H groups in total. The van der Waals surface area contributed by atoms with Crippen molar-refractivity contribution in [3.8, 4) is 0 Å². The van der Waals surface area contributed by atoms with Gasteiger partial charge in [0, 0.05) is 18.1 Å². The summed E-state index contributed by atoms with van der Waals surface area (Å²) in [5.74, 6) is -0.228. The first kappa shape index (κ1) is 15.0. The number of amides is 2. The van der Waals surface area contributed by atoms with Crippen LogP contribution in [0.3, 0.4) is 0 Å². The van der Waals surface area contributed by atoms with Gasteiger partial charge in [-0.1, -0.05) is 24.3 Å². The summed E-state index contributed by atoms with van der Waals surface area (Å²) in [5, 5.41) is 1.04. The molecule has 124 valence electrons. The molecule has 1 aromatic carbocycles. The van der Waals surface area contributed by atoms with Gasteiger partial charge in [-0.05, 0) is 18.6 Å². The molecule has 2 aliphatic heterocycles. The fourth-order valence-corrected chi connectivity index (χ4v) is 3.38. The second-order valence-electron chi connectivity index (χ2n) is 6.13. The molecule has 0 radical (unpaired) electrons. The third-order valence-electron chi connectivity index (χ3n) is 4.69. The van der Waals surface area contributed by atoms with E-state index in [1.165, 1.54) is 0 Å². The molecule has 0 bridgehead atoms. The van der Waals surface area contributed by atoms with Crippen molar-refractivity contribution in [1.82, 2.24) is 20.3 Å². The van der Waals surface area contributed by atoms with Crippen molar-refractivity contribution in [3.63, 3.8) is 0 Å². The molecular formula is C17H18N4O3. The van der Waals surface area contributed by atoms with Gasteiger partial charge in [0.1, 0.15) is 19.3 Å². The van der Waals surface area contributed by atoms with Crippen LogP contribution in [0.4, 0.5) is 0 Å². The van der Waals surface area contributed by atoms with Gasteiger partial charge in [0.05, 0.1) is 11.6 Å². The van der Waals surface area contributed by atoms with Crippen molar-refractivity contribution in [2.45, 2.75) is 25.7 Å². The third kappa shape index (κ3) is 2.42. The van der Waals surface area contributed by atoms with Gasteiger partial charge >= 0.3 is 0 Å². The zero-order chi connectivity index (χ0) is 16.7. The smallest absolute Gasteiger partial charge is 0.252 e. The number of rotatable bonds is 2. The molecule has 0 saturated carbocycles. The summed E-state index contributed by atoms with van der Waals surface area (Å²) in [6.45, 7) is 2.41. The number of pyridine rings is 1. The lowest BCUT2D eigenvalue weighted by Crippen LogP contribution is -2.69. The number of benzene rings is 1. The van der Waals surface area contributed by atoms with Crippen LogP contribution in [0.1, 0.15) is 12.5 Å². The minimum Gasteiger partial charge on any atom is -0.331 e. The Bertz CT molecular complexity index is 804. The van der Waals surface area contributed by atoms with Crippen LogP contribution in [0.5, 0.6) is 0 Å². The molecule has 2 saturated heterocycles. The summed E-state index contributed by atoms with van der Waals surface area (Å²) in [6.07, 6.45) is 1.43. The van der Waals surface area contributed by atoms with Crippen molar-refractivity contribution in [2.24, 2.45) is 0 Å². The van der Waals surface area contributed by atoms with Gasteiger partial charge < -0.3 is 9.80 Å². The number of fused-ring (bicyclic) bond motifs is 2. The Labute approximate surface area is 139 Å². The minimum atomic E-state index is -0.327. The topological polar surface area (TPSA) is 74.8 Å². The summed E-state index contributed by atoms with van der Waals surface area (Å²) in [6, 6.07) is 9.66. The van der Waals surface area contributed by atoms with Gasteiger partial charge in [-0.25, -0.2) is 0 Å². The molecule has 2 aliphatic rings. The Morgan fingerprint density at radius 2 is 2.08 bits per heavy atom. The molecule has 2 amide bonds. The summed E-state index contributed by atoms with van der Waals surface area (Å²) < 4.78 is 0. The minimum absolute atomic E-state index is 0.0380. The molecular weight excluding hydrogens is 308 g/mol. The highest BCUT2D eigenvalue weighted by atomic mass is 16.7. The number of carbonyl (C=O) groups excluding carboxylic acids is 2. The van der Waals surface area contributed by atoms with Crippen LogP contribution in [-0.2, 0) is 21.0 Å². The predicted octanol–water partition coefficient (Wildman–Crippen LogP) is 0.655. The van der Waals surface area contributed by atoms with E-state index in [9.17, 15) is 9.59 Å². The molecule has 7 heteroatoms. The average Bonchev–Trinajstić information content (AvgIpc) is 2.60. The number of piperazine rings is 1. The van der Waals surface area contributed by atoms with Crippen LogP contribution in [0.25, 0.3) is 10.9 Å². The first-order valence-corrected chi connectivity index (χ1v) is 7.94. The van der Waals surface area contributed by atoms with Crippen molar-refractivity contribution in [3.05, 3.63) is 42.1 Å². The van der Waals surface area contributed by atoms with E-state index in [0.717, 1.165) is 16.5 Å². The van der Waals surface area contributed by atoms with Gasteiger partial charge in [0.2, 0.25) is 5.91 Å². The summed E-state index contributed by atoms with van der Waals surface area (Å²) >= 11 is 0. The SMILES string of the molecule is CC1C2NOCC(=O)N2CC(=O)N1Cc1cccc2cccnc12. The molecule has 0 spiro atoms. The van der Waals surface area contributed by atoms with Gasteiger partial charge in [0.15, 0.2) is 0 Å². The lowest BCUT2D eigenvalue weighted by Gasteiger charge is -2.47. The molecule has 2 atom stereocenters. The maximum Gasteiger partial charge on any atom is 0.252 e. The second kappa shape index (κ2) is 5.85. The van der Waals surface area contributed by atoms with E-state index in [2.05, 4.69) is 10.5 Å². The number of hydrogen-bond acceptors (Lipinski definition) is 5. The van der Waals surface area contributed by atoms with Crippen LogP contribution in [0.2, 0.25) is 0 Å². The largest absolute Gasteiger partial charge is 0.331 e. The lowest BCUT2D eigenvalue weighted by atomic mass is 10.0. The van der Waals surface area contributed by atoms with E-state index >= 15 is 0 Å². The van der Waals surface area contributed by atoms with E-state index in [1.807, 2.05) is 37.3 Å².